The van der Waals surface area contributed by atoms with Gasteiger partial charge in [-0.25, -0.2) is 0 Å². The number of aromatic nitrogens is 3. The molecule has 0 spiro atoms. The van der Waals surface area contributed by atoms with E-state index >= 15 is 0 Å². The molecule has 0 amide bonds. The minimum Gasteiger partial charge on any atom is -0.292 e. The summed E-state index contributed by atoms with van der Waals surface area (Å²) in [5, 5.41) is 4.72. The van der Waals surface area contributed by atoms with Gasteiger partial charge >= 0.3 is 0 Å². The van der Waals surface area contributed by atoms with Crippen molar-refractivity contribution in [2.45, 2.75) is 13.3 Å². The predicted molar refractivity (Wildman–Crippen MR) is 80.6 cm³/mol. The van der Waals surface area contributed by atoms with E-state index in [0.29, 0.717) is 20.9 Å². The van der Waals surface area contributed by atoms with E-state index in [1.807, 2.05) is 6.92 Å². The lowest BCUT2D eigenvalue weighted by Crippen LogP contribution is -2.10. The van der Waals surface area contributed by atoms with Gasteiger partial charge < -0.3 is 0 Å². The number of Topliss-reactive ketones (excluding diaryl/α,β-unsaturated/α-hetero) is 1. The summed E-state index contributed by atoms with van der Waals surface area (Å²) in [7, 11) is 1.77. The van der Waals surface area contributed by atoms with Crippen LogP contribution in [0.2, 0.25) is 5.02 Å². The van der Waals surface area contributed by atoms with Crippen LogP contribution in [0.4, 0.5) is 0 Å². The van der Waals surface area contributed by atoms with Gasteiger partial charge in [-0.15, -0.1) is 0 Å². The molecule has 4 nitrogen and oxygen atoms in total. The Hall–Kier alpha value is -0.720. The number of hydrogen-bond donors (Lipinski definition) is 0. The molecular formula is C12H10Br2ClN3O. The van der Waals surface area contributed by atoms with Crippen molar-refractivity contribution in [2.75, 3.05) is 0 Å². The lowest BCUT2D eigenvalue weighted by molar-refractivity contribution is 0.0985. The average molecular weight is 407 g/mol. The largest absolute Gasteiger partial charge is 0.292 e. The van der Waals surface area contributed by atoms with Crippen LogP contribution in [0.15, 0.2) is 21.2 Å². The highest BCUT2D eigenvalue weighted by molar-refractivity contribution is 9.11. The number of nitrogens with zero attached hydrogens (tertiary/aromatic N) is 3. The molecule has 0 radical (unpaired) electrons. The van der Waals surface area contributed by atoms with Crippen LogP contribution in [0.3, 0.4) is 0 Å². The summed E-state index contributed by atoms with van der Waals surface area (Å²) in [6.07, 6.45) is 1.76. The number of pyridine rings is 1. The number of carbonyl (C=O) groups is 1. The SMILES string of the molecule is Cc1nn(C)c(CC(=O)c2ncc(Br)cc2Br)c1Cl. The molecular weight excluding hydrogens is 397 g/mol. The molecule has 2 aromatic rings. The smallest absolute Gasteiger partial charge is 0.188 e. The molecule has 0 unspecified atom stereocenters. The van der Waals surface area contributed by atoms with E-state index in [-0.39, 0.29) is 12.2 Å². The summed E-state index contributed by atoms with van der Waals surface area (Å²) in [4.78, 5) is 16.4. The van der Waals surface area contributed by atoms with Gasteiger partial charge in [0.15, 0.2) is 5.78 Å². The number of carbonyl (C=O) groups excluding carboxylic acids is 1. The second-order valence-corrected chi connectivity index (χ2v) is 6.20. The van der Waals surface area contributed by atoms with Gasteiger partial charge in [0.05, 0.1) is 22.8 Å². The topological polar surface area (TPSA) is 47.8 Å². The lowest BCUT2D eigenvalue weighted by Gasteiger charge is -2.04. The van der Waals surface area contributed by atoms with Crippen LogP contribution in [-0.2, 0) is 13.5 Å². The van der Waals surface area contributed by atoms with Gasteiger partial charge in [0.1, 0.15) is 5.69 Å². The molecule has 0 aliphatic carbocycles. The third kappa shape index (κ3) is 3.07. The van der Waals surface area contributed by atoms with E-state index < -0.39 is 0 Å². The van der Waals surface area contributed by atoms with Crippen LogP contribution in [0, 0.1) is 6.92 Å². The quantitative estimate of drug-likeness (QED) is 0.729. The summed E-state index contributed by atoms with van der Waals surface area (Å²) in [6.45, 7) is 1.81. The highest BCUT2D eigenvalue weighted by Gasteiger charge is 2.18. The maximum Gasteiger partial charge on any atom is 0.188 e. The fourth-order valence-electron chi connectivity index (χ4n) is 1.73. The van der Waals surface area contributed by atoms with Crippen LogP contribution < -0.4 is 0 Å². The van der Waals surface area contributed by atoms with Crippen molar-refractivity contribution in [1.82, 2.24) is 14.8 Å². The third-order valence-corrected chi connectivity index (χ3v) is 4.19. The van der Waals surface area contributed by atoms with Gasteiger partial charge in [0.25, 0.3) is 0 Å². The molecule has 0 saturated carbocycles. The molecule has 19 heavy (non-hydrogen) atoms. The number of ketones is 1. The van der Waals surface area contributed by atoms with Gasteiger partial charge in [-0.05, 0) is 44.8 Å². The van der Waals surface area contributed by atoms with E-state index in [9.17, 15) is 4.79 Å². The highest BCUT2D eigenvalue weighted by atomic mass is 79.9. The van der Waals surface area contributed by atoms with Crippen LogP contribution >= 0.6 is 43.5 Å². The summed E-state index contributed by atoms with van der Waals surface area (Å²) in [5.41, 5.74) is 1.80. The standard InChI is InChI=1S/C12H10Br2ClN3O/c1-6-11(15)9(18(2)17-6)4-10(19)12-8(14)3-7(13)5-16-12/h3,5H,4H2,1-2H3. The molecule has 2 rings (SSSR count). The molecule has 0 saturated heterocycles. The van der Waals surface area contributed by atoms with Crippen LogP contribution in [0.25, 0.3) is 0 Å². The normalized spacial score (nSPS) is 10.8. The fourth-order valence-corrected chi connectivity index (χ4v) is 3.16. The van der Waals surface area contributed by atoms with Crippen molar-refractivity contribution in [2.24, 2.45) is 7.05 Å². The average Bonchev–Trinajstić information content (AvgIpc) is 2.56. The Morgan fingerprint density at radius 2 is 2.16 bits per heavy atom. The first-order valence-electron chi connectivity index (χ1n) is 5.42. The molecule has 0 bridgehead atoms. The van der Waals surface area contributed by atoms with E-state index in [0.717, 1.165) is 10.2 Å². The summed E-state index contributed by atoms with van der Waals surface area (Å²) in [6, 6.07) is 1.79. The molecule has 0 aromatic carbocycles. The Balaban J connectivity index is 2.31. The monoisotopic (exact) mass is 405 g/mol. The predicted octanol–water partition coefficient (Wildman–Crippen LogP) is 3.73. The Labute approximate surface area is 132 Å². The van der Waals surface area contributed by atoms with Gasteiger partial charge in [-0.1, -0.05) is 11.6 Å². The second-order valence-electron chi connectivity index (χ2n) is 4.05. The van der Waals surface area contributed by atoms with Crippen molar-refractivity contribution < 1.29 is 4.79 Å². The maximum absolute atomic E-state index is 12.3. The van der Waals surface area contributed by atoms with Crippen LogP contribution in [-0.4, -0.2) is 20.5 Å². The molecule has 0 atom stereocenters. The van der Waals surface area contributed by atoms with Gasteiger partial charge in [-0.3, -0.25) is 14.5 Å². The minimum absolute atomic E-state index is 0.107. The number of aryl methyl sites for hydroxylation is 2. The molecule has 2 aromatic heterocycles. The zero-order valence-electron chi connectivity index (χ0n) is 10.2. The molecule has 0 fully saturated rings. The number of hydrogen-bond acceptors (Lipinski definition) is 3. The molecule has 0 aliphatic rings. The first kappa shape index (κ1) is 14.7. The maximum atomic E-state index is 12.3. The Kier molecular flexibility index (Phi) is 4.43. The molecule has 0 aliphatic heterocycles. The number of halogens is 3. The van der Waals surface area contributed by atoms with Gasteiger partial charge in [-0.2, -0.15) is 5.10 Å². The van der Waals surface area contributed by atoms with Crippen molar-refractivity contribution in [1.29, 1.82) is 0 Å². The highest BCUT2D eigenvalue weighted by Crippen LogP contribution is 2.24. The van der Waals surface area contributed by atoms with Crippen molar-refractivity contribution in [3.8, 4) is 0 Å². The number of rotatable bonds is 3. The lowest BCUT2D eigenvalue weighted by atomic mass is 10.1. The Morgan fingerprint density at radius 1 is 1.47 bits per heavy atom. The van der Waals surface area contributed by atoms with Gasteiger partial charge in [0, 0.05) is 22.2 Å². The Morgan fingerprint density at radius 3 is 2.68 bits per heavy atom. The van der Waals surface area contributed by atoms with Crippen LogP contribution in [0.5, 0.6) is 0 Å². The van der Waals surface area contributed by atoms with Crippen molar-refractivity contribution in [3.63, 3.8) is 0 Å². The molecule has 2 heterocycles. The molecule has 7 heteroatoms. The van der Waals surface area contributed by atoms with Gasteiger partial charge in [0.2, 0.25) is 0 Å². The first-order chi connectivity index (χ1) is 8.90. The zero-order valence-corrected chi connectivity index (χ0v) is 14.2. The third-order valence-electron chi connectivity index (χ3n) is 2.66. The van der Waals surface area contributed by atoms with E-state index in [1.54, 1.807) is 24.0 Å². The molecule has 0 N–H and O–H groups in total. The van der Waals surface area contributed by atoms with E-state index in [2.05, 4.69) is 41.9 Å². The van der Waals surface area contributed by atoms with Crippen molar-refractivity contribution in [3.05, 3.63) is 43.3 Å². The summed E-state index contributed by atoms with van der Waals surface area (Å²) < 4.78 is 3.09. The fraction of sp³-hybridized carbons (Fsp3) is 0.250. The summed E-state index contributed by atoms with van der Waals surface area (Å²) >= 11 is 12.8. The zero-order chi connectivity index (χ0) is 14.2. The van der Waals surface area contributed by atoms with E-state index in [4.69, 9.17) is 11.6 Å². The first-order valence-corrected chi connectivity index (χ1v) is 7.38. The second kappa shape index (κ2) is 5.73. The minimum atomic E-state index is -0.107. The van der Waals surface area contributed by atoms with E-state index in [1.165, 1.54) is 0 Å². The summed E-state index contributed by atoms with van der Waals surface area (Å²) in [5.74, 6) is -0.107. The molecule has 100 valence electrons. The van der Waals surface area contributed by atoms with Crippen LogP contribution in [0.1, 0.15) is 21.9 Å². The van der Waals surface area contributed by atoms with Crippen molar-refractivity contribution >= 4 is 49.2 Å². The Bertz CT molecular complexity index is 655.